The van der Waals surface area contributed by atoms with E-state index in [0.29, 0.717) is 31.0 Å². The Kier molecular flexibility index (Phi) is 6.75. The van der Waals surface area contributed by atoms with Crippen molar-refractivity contribution in [2.24, 2.45) is 0 Å². The van der Waals surface area contributed by atoms with E-state index >= 15 is 0 Å². The van der Waals surface area contributed by atoms with E-state index in [1.807, 2.05) is 18.2 Å². The number of aromatic nitrogens is 3. The molecule has 1 atom stereocenters. The summed E-state index contributed by atoms with van der Waals surface area (Å²) in [6.45, 7) is 4.94. The van der Waals surface area contributed by atoms with Crippen molar-refractivity contribution in [2.45, 2.75) is 25.7 Å². The first-order valence-electron chi connectivity index (χ1n) is 10.6. The van der Waals surface area contributed by atoms with E-state index < -0.39 is 11.7 Å². The maximum absolute atomic E-state index is 12.8. The van der Waals surface area contributed by atoms with Crippen molar-refractivity contribution in [2.75, 3.05) is 26.2 Å². The molecule has 3 aromatic rings. The van der Waals surface area contributed by atoms with Crippen LogP contribution in [0.25, 0.3) is 5.82 Å². The molecule has 0 saturated carbocycles. The molecule has 1 N–H and O–H groups in total. The summed E-state index contributed by atoms with van der Waals surface area (Å²) in [7, 11) is 0. The Bertz CT molecular complexity index is 1080. The van der Waals surface area contributed by atoms with E-state index in [4.69, 9.17) is 4.74 Å². The van der Waals surface area contributed by atoms with Crippen molar-refractivity contribution in [3.63, 3.8) is 0 Å². The first-order valence-corrected chi connectivity index (χ1v) is 10.6. The number of carbonyl (C=O) groups excluding carboxylic acids is 1. The van der Waals surface area contributed by atoms with E-state index in [9.17, 15) is 18.0 Å². The van der Waals surface area contributed by atoms with Crippen LogP contribution in [0, 0.1) is 6.92 Å². The fourth-order valence-corrected chi connectivity index (χ4v) is 3.73. The van der Waals surface area contributed by atoms with Crippen molar-refractivity contribution in [3.8, 4) is 5.82 Å². The number of carbonyl (C=O) groups is 1. The van der Waals surface area contributed by atoms with Gasteiger partial charge in [0.05, 0.1) is 35.7 Å². The van der Waals surface area contributed by atoms with E-state index in [-0.39, 0.29) is 17.8 Å². The molecule has 7 nitrogen and oxygen atoms in total. The summed E-state index contributed by atoms with van der Waals surface area (Å²) >= 11 is 0. The molecule has 0 radical (unpaired) electrons. The first-order chi connectivity index (χ1) is 15.8. The maximum atomic E-state index is 12.8. The Labute approximate surface area is 189 Å². The van der Waals surface area contributed by atoms with Gasteiger partial charge in [0.1, 0.15) is 0 Å². The van der Waals surface area contributed by atoms with Gasteiger partial charge in [0.25, 0.3) is 5.91 Å². The second-order valence-corrected chi connectivity index (χ2v) is 7.88. The van der Waals surface area contributed by atoms with Crippen LogP contribution in [0.4, 0.5) is 13.2 Å². The maximum Gasteiger partial charge on any atom is 0.417 e. The highest BCUT2D eigenvalue weighted by atomic mass is 19.4. The summed E-state index contributed by atoms with van der Waals surface area (Å²) in [6, 6.07) is 12.3. The molecule has 33 heavy (non-hydrogen) atoms. The SMILES string of the molecule is Cc1c(C(=O)NCC2CN(Cc3ccccc3)CCO2)cnn1-c1ccc(C(F)(F)F)cn1. The number of pyridine rings is 1. The molecule has 3 heterocycles. The van der Waals surface area contributed by atoms with Gasteiger partial charge < -0.3 is 10.1 Å². The Morgan fingerprint density at radius 2 is 1.97 bits per heavy atom. The molecule has 1 aliphatic rings. The van der Waals surface area contributed by atoms with Crippen molar-refractivity contribution in [1.82, 2.24) is 25.0 Å². The van der Waals surface area contributed by atoms with Gasteiger partial charge >= 0.3 is 6.18 Å². The van der Waals surface area contributed by atoms with Gasteiger partial charge in [-0.15, -0.1) is 0 Å². The van der Waals surface area contributed by atoms with Crippen LogP contribution in [0.3, 0.4) is 0 Å². The predicted octanol–water partition coefficient (Wildman–Crippen LogP) is 3.23. The van der Waals surface area contributed by atoms with E-state index in [2.05, 4.69) is 32.4 Å². The third-order valence-corrected chi connectivity index (χ3v) is 5.51. The van der Waals surface area contributed by atoms with Gasteiger partial charge in [-0.05, 0) is 24.6 Å². The molecule has 0 aliphatic carbocycles. The number of amides is 1. The van der Waals surface area contributed by atoms with Crippen molar-refractivity contribution >= 4 is 5.91 Å². The Morgan fingerprint density at radius 1 is 1.18 bits per heavy atom. The zero-order valence-corrected chi connectivity index (χ0v) is 18.0. The van der Waals surface area contributed by atoms with Crippen molar-refractivity contribution < 1.29 is 22.7 Å². The van der Waals surface area contributed by atoms with Crippen LogP contribution >= 0.6 is 0 Å². The average Bonchev–Trinajstić information content (AvgIpc) is 3.19. The second-order valence-electron chi connectivity index (χ2n) is 7.88. The van der Waals surface area contributed by atoms with Crippen LogP contribution in [0.1, 0.15) is 27.2 Å². The highest BCUT2D eigenvalue weighted by Crippen LogP contribution is 2.28. The third kappa shape index (κ3) is 5.58. The lowest BCUT2D eigenvalue weighted by Crippen LogP contribution is -2.47. The summed E-state index contributed by atoms with van der Waals surface area (Å²) in [6.07, 6.45) is -2.47. The quantitative estimate of drug-likeness (QED) is 0.613. The molecule has 1 aromatic carbocycles. The van der Waals surface area contributed by atoms with Crippen LogP contribution in [0.5, 0.6) is 0 Å². The van der Waals surface area contributed by atoms with Crippen LogP contribution in [0.15, 0.2) is 54.9 Å². The molecule has 0 spiro atoms. The number of alkyl halides is 3. The predicted molar refractivity (Wildman–Crippen MR) is 115 cm³/mol. The summed E-state index contributed by atoms with van der Waals surface area (Å²) in [5.41, 5.74) is 1.19. The van der Waals surface area contributed by atoms with Gasteiger partial charge in [-0.2, -0.15) is 18.3 Å². The number of hydrogen-bond acceptors (Lipinski definition) is 5. The van der Waals surface area contributed by atoms with E-state index in [1.54, 1.807) is 6.92 Å². The Morgan fingerprint density at radius 3 is 2.67 bits per heavy atom. The minimum absolute atomic E-state index is 0.140. The molecular formula is C23H24F3N5O2. The van der Waals surface area contributed by atoms with Gasteiger partial charge in [-0.3, -0.25) is 9.69 Å². The number of ether oxygens (including phenoxy) is 1. The molecule has 1 saturated heterocycles. The first kappa shape index (κ1) is 22.9. The van der Waals surface area contributed by atoms with Gasteiger partial charge in [0.15, 0.2) is 5.82 Å². The average molecular weight is 459 g/mol. The smallest absolute Gasteiger partial charge is 0.374 e. The topological polar surface area (TPSA) is 72.3 Å². The van der Waals surface area contributed by atoms with Gasteiger partial charge in [-0.1, -0.05) is 30.3 Å². The van der Waals surface area contributed by atoms with Crippen LogP contribution < -0.4 is 5.32 Å². The lowest BCUT2D eigenvalue weighted by Gasteiger charge is -2.33. The molecule has 1 aliphatic heterocycles. The normalized spacial score (nSPS) is 17.2. The summed E-state index contributed by atoms with van der Waals surface area (Å²) in [5, 5.41) is 7.00. The number of benzene rings is 1. The highest BCUT2D eigenvalue weighted by molar-refractivity contribution is 5.95. The molecule has 2 aromatic heterocycles. The molecular weight excluding hydrogens is 435 g/mol. The van der Waals surface area contributed by atoms with Crippen LogP contribution in [-0.2, 0) is 17.5 Å². The second kappa shape index (κ2) is 9.72. The molecule has 1 unspecified atom stereocenters. The number of hydrogen-bond donors (Lipinski definition) is 1. The molecule has 1 fully saturated rings. The monoisotopic (exact) mass is 459 g/mol. The minimum Gasteiger partial charge on any atom is -0.374 e. The standard InChI is InChI=1S/C23H24F3N5O2/c1-16-20(13-29-31(16)21-8-7-18(11-27-21)23(24,25)26)22(32)28-12-19-15-30(9-10-33-19)14-17-5-3-2-4-6-17/h2-8,11,13,19H,9-10,12,14-15H2,1H3,(H,28,32). The summed E-state index contributed by atoms with van der Waals surface area (Å²) < 4.78 is 45.4. The largest absolute Gasteiger partial charge is 0.417 e. The Balaban J connectivity index is 1.35. The lowest BCUT2D eigenvalue weighted by molar-refractivity contribution is -0.137. The fraction of sp³-hybridized carbons (Fsp3) is 0.348. The summed E-state index contributed by atoms with van der Waals surface area (Å²) in [5.74, 6) is -0.124. The van der Waals surface area contributed by atoms with Gasteiger partial charge in [-0.25, -0.2) is 9.67 Å². The Hall–Kier alpha value is -3.24. The number of nitrogens with zero attached hydrogens (tertiary/aromatic N) is 4. The highest BCUT2D eigenvalue weighted by Gasteiger charge is 2.31. The van der Waals surface area contributed by atoms with Crippen LogP contribution in [0.2, 0.25) is 0 Å². The number of morpholine rings is 1. The number of nitrogens with one attached hydrogen (secondary N) is 1. The van der Waals surface area contributed by atoms with Crippen molar-refractivity contribution in [1.29, 1.82) is 0 Å². The zero-order valence-electron chi connectivity index (χ0n) is 18.0. The third-order valence-electron chi connectivity index (χ3n) is 5.51. The molecule has 4 rings (SSSR count). The zero-order chi connectivity index (χ0) is 23.4. The fourth-order valence-electron chi connectivity index (χ4n) is 3.73. The van der Waals surface area contributed by atoms with Crippen LogP contribution in [-0.4, -0.2) is 57.9 Å². The minimum atomic E-state index is -4.46. The van der Waals surface area contributed by atoms with Gasteiger partial charge in [0.2, 0.25) is 0 Å². The number of rotatable bonds is 6. The molecule has 174 valence electrons. The van der Waals surface area contributed by atoms with Crippen molar-refractivity contribution in [3.05, 3.63) is 77.2 Å². The molecule has 0 bridgehead atoms. The number of halogens is 3. The van der Waals surface area contributed by atoms with Gasteiger partial charge in [0, 0.05) is 32.4 Å². The molecule has 10 heteroatoms. The van der Waals surface area contributed by atoms with E-state index in [1.165, 1.54) is 22.5 Å². The summed E-state index contributed by atoms with van der Waals surface area (Å²) in [4.78, 5) is 18.8. The lowest BCUT2D eigenvalue weighted by atomic mass is 10.2. The van der Waals surface area contributed by atoms with E-state index in [0.717, 1.165) is 25.4 Å². The molecule has 1 amide bonds.